The number of hydrogen-bond acceptors (Lipinski definition) is 5. The van der Waals surface area contributed by atoms with E-state index in [1.165, 1.54) is 24.4 Å². The van der Waals surface area contributed by atoms with E-state index < -0.39 is 10.8 Å². The molecule has 0 saturated heterocycles. The molecule has 2 atom stereocenters. The van der Waals surface area contributed by atoms with Gasteiger partial charge < -0.3 is 5.32 Å². The van der Waals surface area contributed by atoms with Gasteiger partial charge >= 0.3 is 0 Å². The first-order chi connectivity index (χ1) is 7.15. The summed E-state index contributed by atoms with van der Waals surface area (Å²) in [5, 5.41) is 4.08. The molecule has 1 aromatic rings. The smallest absolute Gasteiger partial charge is 0.202 e. The molecule has 0 spiro atoms. The molecule has 4 nitrogen and oxygen atoms in total. The largest absolute Gasteiger partial charge is 0.357 e. The maximum absolute atomic E-state index is 11.0. The van der Waals surface area contributed by atoms with Crippen LogP contribution < -0.4 is 5.32 Å². The quantitative estimate of drug-likeness (QED) is 0.856. The summed E-state index contributed by atoms with van der Waals surface area (Å²) in [5.74, 6) is 2.23. The average Bonchev–Trinajstić information content (AvgIpc) is 2.87. The van der Waals surface area contributed by atoms with Crippen LogP contribution in [-0.2, 0) is 10.8 Å². The van der Waals surface area contributed by atoms with Gasteiger partial charge in [0.15, 0.2) is 0 Å². The summed E-state index contributed by atoms with van der Waals surface area (Å²) in [7, 11) is -0.765. The Hall–Kier alpha value is -0.490. The van der Waals surface area contributed by atoms with Gasteiger partial charge in [-0.3, -0.25) is 4.21 Å². The highest BCUT2D eigenvalue weighted by Crippen LogP contribution is 2.39. The zero-order valence-electron chi connectivity index (χ0n) is 8.90. The monoisotopic (exact) mass is 245 g/mol. The van der Waals surface area contributed by atoms with Crippen molar-refractivity contribution in [2.75, 3.05) is 17.3 Å². The van der Waals surface area contributed by atoms with Crippen LogP contribution in [0, 0.1) is 0 Å². The molecule has 1 N–H and O–H groups in total. The van der Waals surface area contributed by atoms with Gasteiger partial charge in [0.05, 0.1) is 0 Å². The summed E-state index contributed by atoms with van der Waals surface area (Å²) < 4.78 is 15.3. The first-order valence-corrected chi connectivity index (χ1v) is 7.55. The zero-order valence-corrected chi connectivity index (χ0v) is 10.5. The van der Waals surface area contributed by atoms with Crippen molar-refractivity contribution in [1.82, 2.24) is 9.36 Å². The highest BCUT2D eigenvalue weighted by molar-refractivity contribution is 7.84. The SMILES string of the molecule is CC(CS(C)=O)Nc1nc(C2CC2)ns1. The number of anilines is 1. The predicted molar refractivity (Wildman–Crippen MR) is 63.9 cm³/mol. The molecule has 1 aliphatic carbocycles. The van der Waals surface area contributed by atoms with Crippen molar-refractivity contribution >= 4 is 27.5 Å². The fraction of sp³-hybridized carbons (Fsp3) is 0.778. The standard InChI is InChI=1S/C9H15N3OS2/c1-6(5-15(2)13)10-9-11-8(12-14-9)7-3-4-7/h6-7H,3-5H2,1-2H3,(H,10,11,12). The van der Waals surface area contributed by atoms with E-state index in [4.69, 9.17) is 0 Å². The number of aromatic nitrogens is 2. The fourth-order valence-electron chi connectivity index (χ4n) is 1.41. The van der Waals surface area contributed by atoms with Gasteiger partial charge in [0.25, 0.3) is 0 Å². The van der Waals surface area contributed by atoms with Crippen molar-refractivity contribution < 1.29 is 4.21 Å². The minimum Gasteiger partial charge on any atom is -0.357 e. The van der Waals surface area contributed by atoms with E-state index in [2.05, 4.69) is 14.7 Å². The van der Waals surface area contributed by atoms with Gasteiger partial charge in [0.2, 0.25) is 5.13 Å². The number of rotatable bonds is 5. The van der Waals surface area contributed by atoms with E-state index in [1.807, 2.05) is 6.92 Å². The third kappa shape index (κ3) is 3.24. The second-order valence-corrected chi connectivity index (χ2v) is 6.25. The van der Waals surface area contributed by atoms with E-state index in [0.717, 1.165) is 11.0 Å². The second-order valence-electron chi connectivity index (χ2n) is 4.02. The highest BCUT2D eigenvalue weighted by atomic mass is 32.2. The topological polar surface area (TPSA) is 54.9 Å². The maximum Gasteiger partial charge on any atom is 0.202 e. The summed E-state index contributed by atoms with van der Waals surface area (Å²) in [6.45, 7) is 2.01. The van der Waals surface area contributed by atoms with Gasteiger partial charge in [-0.2, -0.15) is 4.37 Å². The molecule has 2 rings (SSSR count). The van der Waals surface area contributed by atoms with E-state index in [1.54, 1.807) is 6.26 Å². The molecule has 0 bridgehead atoms. The van der Waals surface area contributed by atoms with E-state index in [-0.39, 0.29) is 6.04 Å². The Morgan fingerprint density at radius 2 is 2.40 bits per heavy atom. The molecule has 2 unspecified atom stereocenters. The Balaban J connectivity index is 1.89. The minimum atomic E-state index is -0.765. The first kappa shape index (κ1) is 11.0. The summed E-state index contributed by atoms with van der Waals surface area (Å²) in [5.41, 5.74) is 0. The van der Waals surface area contributed by atoms with Crippen LogP contribution in [-0.4, -0.2) is 31.6 Å². The lowest BCUT2D eigenvalue weighted by Crippen LogP contribution is -2.22. The van der Waals surface area contributed by atoms with Crippen molar-refractivity contribution in [2.45, 2.75) is 31.7 Å². The molecular weight excluding hydrogens is 230 g/mol. The van der Waals surface area contributed by atoms with Crippen LogP contribution in [0.3, 0.4) is 0 Å². The molecule has 0 amide bonds. The van der Waals surface area contributed by atoms with Crippen LogP contribution in [0.4, 0.5) is 5.13 Å². The zero-order chi connectivity index (χ0) is 10.8. The molecule has 1 heterocycles. The lowest BCUT2D eigenvalue weighted by molar-refractivity contribution is 0.683. The van der Waals surface area contributed by atoms with Crippen molar-refractivity contribution in [3.8, 4) is 0 Å². The van der Waals surface area contributed by atoms with Crippen LogP contribution >= 0.6 is 11.5 Å². The second kappa shape index (κ2) is 4.57. The van der Waals surface area contributed by atoms with Gasteiger partial charge in [0.1, 0.15) is 5.82 Å². The molecule has 1 saturated carbocycles. The number of nitrogens with zero attached hydrogens (tertiary/aromatic N) is 2. The van der Waals surface area contributed by atoms with Crippen LogP contribution in [0.1, 0.15) is 31.5 Å². The lowest BCUT2D eigenvalue weighted by atomic mass is 10.4. The van der Waals surface area contributed by atoms with Crippen molar-refractivity contribution in [3.63, 3.8) is 0 Å². The molecule has 0 radical (unpaired) electrons. The van der Waals surface area contributed by atoms with Crippen LogP contribution in [0.5, 0.6) is 0 Å². The molecule has 1 aromatic heterocycles. The Kier molecular flexibility index (Phi) is 3.35. The highest BCUT2D eigenvalue weighted by Gasteiger charge is 2.27. The Morgan fingerprint density at radius 1 is 1.67 bits per heavy atom. The number of hydrogen-bond donors (Lipinski definition) is 1. The van der Waals surface area contributed by atoms with Gasteiger partial charge in [0, 0.05) is 46.3 Å². The molecule has 1 fully saturated rings. The fourth-order valence-corrected chi connectivity index (χ4v) is 2.95. The first-order valence-electron chi connectivity index (χ1n) is 5.05. The van der Waals surface area contributed by atoms with Crippen LogP contribution in [0.15, 0.2) is 0 Å². The van der Waals surface area contributed by atoms with E-state index >= 15 is 0 Å². The summed E-state index contributed by atoms with van der Waals surface area (Å²) in [6.07, 6.45) is 4.17. The van der Waals surface area contributed by atoms with Gasteiger partial charge in [-0.25, -0.2) is 4.98 Å². The Bertz CT molecular complexity index is 362. The van der Waals surface area contributed by atoms with Gasteiger partial charge in [-0.05, 0) is 19.8 Å². The van der Waals surface area contributed by atoms with Crippen LogP contribution in [0.2, 0.25) is 0 Å². The van der Waals surface area contributed by atoms with Gasteiger partial charge in [-0.1, -0.05) is 0 Å². The van der Waals surface area contributed by atoms with Crippen molar-refractivity contribution in [2.24, 2.45) is 0 Å². The maximum atomic E-state index is 11.0. The molecule has 0 aliphatic heterocycles. The predicted octanol–water partition coefficient (Wildman–Crippen LogP) is 1.59. The Labute approximate surface area is 96.1 Å². The van der Waals surface area contributed by atoms with Crippen LogP contribution in [0.25, 0.3) is 0 Å². The normalized spacial score (nSPS) is 19.9. The molecule has 6 heteroatoms. The lowest BCUT2D eigenvalue weighted by Gasteiger charge is -2.09. The van der Waals surface area contributed by atoms with Gasteiger partial charge in [-0.15, -0.1) is 0 Å². The molecule has 0 aromatic carbocycles. The molecule has 1 aliphatic rings. The summed E-state index contributed by atoms with van der Waals surface area (Å²) >= 11 is 1.40. The molecule has 15 heavy (non-hydrogen) atoms. The summed E-state index contributed by atoms with van der Waals surface area (Å²) in [6, 6.07) is 0.191. The van der Waals surface area contributed by atoms with Crippen molar-refractivity contribution in [1.29, 1.82) is 0 Å². The summed E-state index contributed by atoms with van der Waals surface area (Å²) in [4.78, 5) is 4.42. The van der Waals surface area contributed by atoms with E-state index in [0.29, 0.717) is 11.7 Å². The molecular formula is C9H15N3OS2. The minimum absolute atomic E-state index is 0.191. The molecule has 84 valence electrons. The Morgan fingerprint density at radius 3 is 3.00 bits per heavy atom. The van der Waals surface area contributed by atoms with E-state index in [9.17, 15) is 4.21 Å². The van der Waals surface area contributed by atoms with Crippen molar-refractivity contribution in [3.05, 3.63) is 5.82 Å². The average molecular weight is 245 g/mol. The number of nitrogens with one attached hydrogen (secondary N) is 1. The third-order valence-corrected chi connectivity index (χ3v) is 3.87. The third-order valence-electron chi connectivity index (χ3n) is 2.24.